The van der Waals surface area contributed by atoms with Crippen LogP contribution in [0.2, 0.25) is 0 Å². The molecule has 1 aromatic heterocycles. The summed E-state index contributed by atoms with van der Waals surface area (Å²) in [5.41, 5.74) is 3.77. The van der Waals surface area contributed by atoms with Crippen LogP contribution in [0.1, 0.15) is 34.5 Å². The van der Waals surface area contributed by atoms with E-state index in [9.17, 15) is 14.0 Å². The van der Waals surface area contributed by atoms with Gasteiger partial charge in [0.05, 0.1) is 6.04 Å². The maximum Gasteiger partial charge on any atom is 0.261 e. The minimum Gasteiger partial charge on any atom is -0.369 e. The predicted octanol–water partition coefficient (Wildman–Crippen LogP) is 3.73. The summed E-state index contributed by atoms with van der Waals surface area (Å²) >= 11 is 0. The van der Waals surface area contributed by atoms with E-state index in [1.54, 1.807) is 12.1 Å². The van der Waals surface area contributed by atoms with E-state index < -0.39 is 17.5 Å². The van der Waals surface area contributed by atoms with Crippen LogP contribution in [-0.4, -0.2) is 49.0 Å². The summed E-state index contributed by atoms with van der Waals surface area (Å²) < 4.78 is 14.1. The van der Waals surface area contributed by atoms with E-state index in [2.05, 4.69) is 27.1 Å². The van der Waals surface area contributed by atoms with E-state index >= 15 is 0 Å². The number of hydrogen-bond donors (Lipinski definition) is 2. The van der Waals surface area contributed by atoms with Gasteiger partial charge in [-0.05, 0) is 62.9 Å². The van der Waals surface area contributed by atoms with Gasteiger partial charge in [0.15, 0.2) is 0 Å². The highest BCUT2D eigenvalue weighted by Crippen LogP contribution is 2.28. The van der Waals surface area contributed by atoms with Crippen molar-refractivity contribution in [3.63, 3.8) is 0 Å². The first kappa shape index (κ1) is 22.7. The number of rotatable bonds is 5. The minimum absolute atomic E-state index is 0.0239. The van der Waals surface area contributed by atoms with Gasteiger partial charge in [-0.1, -0.05) is 23.8 Å². The number of benzene rings is 2. The zero-order chi connectivity index (χ0) is 23.5. The number of hydrogen-bond acceptors (Lipinski definition) is 4. The average Bonchev–Trinajstić information content (AvgIpc) is 2.79. The van der Waals surface area contributed by atoms with E-state index in [0.717, 1.165) is 43.0 Å². The number of nitrogens with zero attached hydrogens (tertiary/aromatic N) is 2. The fraction of sp³-hybridized carbons (Fsp3) is 0.308. The number of nitrogens with one attached hydrogen (secondary N) is 2. The lowest BCUT2D eigenvalue weighted by atomic mass is 10.0. The third-order valence-corrected chi connectivity index (χ3v) is 6.13. The van der Waals surface area contributed by atoms with Gasteiger partial charge < -0.3 is 20.1 Å². The molecule has 0 bridgehead atoms. The normalized spacial score (nSPS) is 15.3. The highest BCUT2D eigenvalue weighted by Gasteiger charge is 2.22. The lowest BCUT2D eigenvalue weighted by Crippen LogP contribution is -2.45. The Morgan fingerprint density at radius 2 is 1.82 bits per heavy atom. The monoisotopic (exact) mass is 448 g/mol. The summed E-state index contributed by atoms with van der Waals surface area (Å²) in [6.07, 6.45) is 0. The van der Waals surface area contributed by atoms with Crippen molar-refractivity contribution in [1.82, 2.24) is 15.2 Å². The van der Waals surface area contributed by atoms with E-state index in [-0.39, 0.29) is 11.4 Å². The Morgan fingerprint density at radius 3 is 2.52 bits per heavy atom. The molecule has 0 saturated carbocycles. The van der Waals surface area contributed by atoms with Crippen LogP contribution in [-0.2, 0) is 0 Å². The number of carbonyl (C=O) groups excluding carboxylic acids is 1. The first-order chi connectivity index (χ1) is 15.8. The second-order valence-corrected chi connectivity index (χ2v) is 8.67. The molecule has 1 fully saturated rings. The van der Waals surface area contributed by atoms with Gasteiger partial charge in [0.2, 0.25) is 0 Å². The Kier molecular flexibility index (Phi) is 6.60. The Bertz CT molecular complexity index is 1210. The number of halogens is 1. The quantitative estimate of drug-likeness (QED) is 0.624. The summed E-state index contributed by atoms with van der Waals surface area (Å²) in [5.74, 6) is -0.850. The molecule has 1 atom stereocenters. The molecule has 3 aromatic rings. The predicted molar refractivity (Wildman–Crippen MR) is 129 cm³/mol. The van der Waals surface area contributed by atoms with Crippen molar-refractivity contribution in [3.8, 4) is 11.3 Å². The number of amides is 1. The van der Waals surface area contributed by atoms with Crippen LogP contribution >= 0.6 is 0 Å². The van der Waals surface area contributed by atoms with Crippen molar-refractivity contribution >= 4 is 11.6 Å². The molecular formula is C26H29FN4O2. The first-order valence-corrected chi connectivity index (χ1v) is 11.2. The summed E-state index contributed by atoms with van der Waals surface area (Å²) in [6, 6.07) is 15.2. The molecule has 0 aliphatic carbocycles. The van der Waals surface area contributed by atoms with Gasteiger partial charge in [-0.25, -0.2) is 4.39 Å². The number of piperazine rings is 1. The van der Waals surface area contributed by atoms with Crippen molar-refractivity contribution in [2.45, 2.75) is 19.9 Å². The Hall–Kier alpha value is -3.45. The first-order valence-electron chi connectivity index (χ1n) is 11.2. The summed E-state index contributed by atoms with van der Waals surface area (Å²) in [5, 5.41) is 2.87. The molecule has 1 saturated heterocycles. The second kappa shape index (κ2) is 9.58. The largest absolute Gasteiger partial charge is 0.369 e. The fourth-order valence-electron chi connectivity index (χ4n) is 4.19. The highest BCUT2D eigenvalue weighted by molar-refractivity contribution is 5.94. The third kappa shape index (κ3) is 5.14. The van der Waals surface area contributed by atoms with Crippen molar-refractivity contribution in [2.75, 3.05) is 38.1 Å². The molecular weight excluding hydrogens is 419 g/mol. The highest BCUT2D eigenvalue weighted by atomic mass is 19.1. The molecule has 7 heteroatoms. The SMILES string of the molecule is Cc1cccc(-c2ccc(C(=O)NC(C)c3cc(F)ccc3N3CCN(C)CC3)c(=O)[nH]2)c1. The number of H-pyrrole nitrogens is 1. The summed E-state index contributed by atoms with van der Waals surface area (Å²) in [6.45, 7) is 7.28. The molecule has 2 aromatic carbocycles. The number of aromatic amines is 1. The minimum atomic E-state index is -0.492. The maximum absolute atomic E-state index is 14.1. The standard InChI is InChI=1S/C26H29FN4O2/c1-17-5-4-6-19(15-17)23-9-8-21(26(33)29-23)25(32)28-18(2)22-16-20(27)7-10-24(22)31-13-11-30(3)12-14-31/h4-10,15-16,18H,11-14H2,1-3H3,(H,28,32)(H,29,33). The Balaban J connectivity index is 1.54. The van der Waals surface area contributed by atoms with Gasteiger partial charge in [-0.3, -0.25) is 9.59 Å². The summed E-state index contributed by atoms with van der Waals surface area (Å²) in [7, 11) is 2.08. The van der Waals surface area contributed by atoms with Crippen LogP contribution in [0.5, 0.6) is 0 Å². The van der Waals surface area contributed by atoms with Crippen LogP contribution in [0.4, 0.5) is 10.1 Å². The molecule has 6 nitrogen and oxygen atoms in total. The molecule has 1 aliphatic rings. The Morgan fingerprint density at radius 1 is 1.06 bits per heavy atom. The molecule has 0 radical (unpaired) electrons. The Labute approximate surface area is 193 Å². The van der Waals surface area contributed by atoms with Crippen molar-refractivity contribution < 1.29 is 9.18 Å². The lowest BCUT2D eigenvalue weighted by Gasteiger charge is -2.36. The molecule has 1 amide bonds. The summed E-state index contributed by atoms with van der Waals surface area (Å²) in [4.78, 5) is 32.8. The van der Waals surface area contributed by atoms with E-state index in [4.69, 9.17) is 0 Å². The maximum atomic E-state index is 14.1. The number of anilines is 1. The number of carbonyl (C=O) groups is 1. The number of pyridine rings is 1. The molecule has 33 heavy (non-hydrogen) atoms. The van der Waals surface area contributed by atoms with Gasteiger partial charge in [-0.2, -0.15) is 0 Å². The van der Waals surface area contributed by atoms with Gasteiger partial charge >= 0.3 is 0 Å². The topological polar surface area (TPSA) is 68.4 Å². The van der Waals surface area contributed by atoms with Gasteiger partial charge in [0, 0.05) is 43.1 Å². The molecule has 4 rings (SSSR count). The van der Waals surface area contributed by atoms with Crippen LogP contribution < -0.4 is 15.8 Å². The fourth-order valence-corrected chi connectivity index (χ4v) is 4.19. The van der Waals surface area contributed by atoms with Crippen molar-refractivity contribution in [3.05, 3.63) is 87.5 Å². The van der Waals surface area contributed by atoms with E-state index in [1.807, 2.05) is 38.1 Å². The van der Waals surface area contributed by atoms with Crippen molar-refractivity contribution in [1.29, 1.82) is 0 Å². The molecule has 172 valence electrons. The smallest absolute Gasteiger partial charge is 0.261 e. The van der Waals surface area contributed by atoms with E-state index in [1.165, 1.54) is 18.2 Å². The molecule has 2 N–H and O–H groups in total. The van der Waals surface area contributed by atoms with Gasteiger partial charge in [0.1, 0.15) is 11.4 Å². The lowest BCUT2D eigenvalue weighted by molar-refractivity contribution is 0.0938. The van der Waals surface area contributed by atoms with Crippen LogP contribution in [0, 0.1) is 12.7 Å². The van der Waals surface area contributed by atoms with Crippen LogP contribution in [0.15, 0.2) is 59.4 Å². The van der Waals surface area contributed by atoms with Crippen LogP contribution in [0.25, 0.3) is 11.3 Å². The van der Waals surface area contributed by atoms with E-state index in [0.29, 0.717) is 11.3 Å². The molecule has 2 heterocycles. The van der Waals surface area contributed by atoms with Crippen molar-refractivity contribution in [2.24, 2.45) is 0 Å². The van der Waals surface area contributed by atoms with Gasteiger partial charge in [0.25, 0.3) is 11.5 Å². The van der Waals surface area contributed by atoms with Gasteiger partial charge in [-0.15, -0.1) is 0 Å². The number of likely N-dealkylation sites (N-methyl/N-ethyl adjacent to an activating group) is 1. The number of aromatic nitrogens is 1. The number of aryl methyl sites for hydroxylation is 1. The molecule has 1 unspecified atom stereocenters. The van der Waals surface area contributed by atoms with Crippen LogP contribution in [0.3, 0.4) is 0 Å². The zero-order valence-corrected chi connectivity index (χ0v) is 19.2. The second-order valence-electron chi connectivity index (χ2n) is 8.67. The molecule has 1 aliphatic heterocycles. The average molecular weight is 449 g/mol. The third-order valence-electron chi connectivity index (χ3n) is 6.13. The molecule has 0 spiro atoms. The zero-order valence-electron chi connectivity index (χ0n) is 19.2.